The molecule has 4 nitrogen and oxygen atoms in total. The van der Waals surface area contributed by atoms with Crippen LogP contribution in [0.25, 0.3) is 11.1 Å². The maximum atomic E-state index is 12.3. The Morgan fingerprint density at radius 3 is 2.48 bits per heavy atom. The largest absolute Gasteiger partial charge is 0.491 e. The predicted octanol–water partition coefficient (Wildman–Crippen LogP) is 6.83. The van der Waals surface area contributed by atoms with Crippen LogP contribution in [-0.2, 0) is 4.79 Å². The quantitative estimate of drug-likeness (QED) is 0.211. The van der Waals surface area contributed by atoms with Gasteiger partial charge in [-0.2, -0.15) is 0 Å². The second-order valence-corrected chi connectivity index (χ2v) is 7.68. The average Bonchev–Trinajstić information content (AvgIpc) is 2.73. The summed E-state index contributed by atoms with van der Waals surface area (Å²) in [6.07, 6.45) is 12.2. The summed E-state index contributed by atoms with van der Waals surface area (Å²) in [5.41, 5.74) is 1.75. The van der Waals surface area contributed by atoms with Crippen LogP contribution < -0.4 is 9.47 Å². The monoisotopic (exact) mass is 397 g/mol. The lowest BCUT2D eigenvalue weighted by atomic mass is 10.0. The van der Waals surface area contributed by atoms with E-state index in [1.165, 1.54) is 32.1 Å². The minimum atomic E-state index is -0.199. The topological polar surface area (TPSA) is 48.4 Å². The van der Waals surface area contributed by atoms with Crippen LogP contribution >= 0.6 is 0 Å². The molecule has 4 heteroatoms. The van der Waals surface area contributed by atoms with Crippen molar-refractivity contribution in [2.45, 2.75) is 72.1 Å². The van der Waals surface area contributed by atoms with E-state index in [0.29, 0.717) is 24.7 Å². The van der Waals surface area contributed by atoms with Crippen molar-refractivity contribution in [2.75, 3.05) is 6.61 Å². The van der Waals surface area contributed by atoms with Gasteiger partial charge in [-0.1, -0.05) is 77.5 Å². The fraction of sp³-hybridized carbons (Fsp3) is 0.520. The highest BCUT2D eigenvalue weighted by atomic mass is 16.5. The smallest absolute Gasteiger partial charge is 0.311 e. The summed E-state index contributed by atoms with van der Waals surface area (Å²) < 4.78 is 11.7. The molecule has 1 aromatic heterocycles. The van der Waals surface area contributed by atoms with Crippen molar-refractivity contribution in [2.24, 2.45) is 5.92 Å². The molecule has 0 aliphatic carbocycles. The molecule has 0 spiro atoms. The number of benzene rings is 1. The number of nitrogens with zero attached hydrogens (tertiary/aromatic N) is 1. The molecule has 0 saturated carbocycles. The van der Waals surface area contributed by atoms with Gasteiger partial charge in [0.1, 0.15) is 11.5 Å². The summed E-state index contributed by atoms with van der Waals surface area (Å²) in [6, 6.07) is 9.53. The molecule has 1 atom stereocenters. The fourth-order valence-electron chi connectivity index (χ4n) is 3.15. The standard InChI is InChI=1S/C25H35NO3/c1-4-6-7-8-9-12-17-28-24-19-26-16-15-22(24)21-13-10-11-14-23(21)29-25(27)18-20(3)5-2/h10-11,13-16,19-20H,4-9,12,17-18H2,1-3H3. The molecule has 29 heavy (non-hydrogen) atoms. The van der Waals surface area contributed by atoms with Crippen LogP contribution in [0.15, 0.2) is 42.7 Å². The number of hydrogen-bond acceptors (Lipinski definition) is 4. The van der Waals surface area contributed by atoms with Gasteiger partial charge in [-0.3, -0.25) is 9.78 Å². The van der Waals surface area contributed by atoms with Crippen LogP contribution in [0, 0.1) is 5.92 Å². The molecule has 1 aromatic carbocycles. The number of unbranched alkanes of at least 4 members (excludes halogenated alkanes) is 5. The van der Waals surface area contributed by atoms with E-state index < -0.39 is 0 Å². The molecule has 1 unspecified atom stereocenters. The van der Waals surface area contributed by atoms with E-state index in [4.69, 9.17) is 9.47 Å². The van der Waals surface area contributed by atoms with Gasteiger partial charge in [-0.15, -0.1) is 0 Å². The molecule has 0 radical (unpaired) electrons. The number of carbonyl (C=O) groups excluding carboxylic acids is 1. The van der Waals surface area contributed by atoms with Crippen LogP contribution in [0.2, 0.25) is 0 Å². The molecule has 0 fully saturated rings. The average molecular weight is 398 g/mol. The van der Waals surface area contributed by atoms with E-state index in [9.17, 15) is 4.79 Å². The highest BCUT2D eigenvalue weighted by Gasteiger charge is 2.15. The zero-order valence-electron chi connectivity index (χ0n) is 18.2. The first-order chi connectivity index (χ1) is 14.2. The summed E-state index contributed by atoms with van der Waals surface area (Å²) in [6.45, 7) is 7.04. The lowest BCUT2D eigenvalue weighted by Gasteiger charge is -2.15. The molecule has 2 aromatic rings. The summed E-state index contributed by atoms with van der Waals surface area (Å²) in [5, 5.41) is 0. The summed E-state index contributed by atoms with van der Waals surface area (Å²) in [5.74, 6) is 1.41. The zero-order valence-corrected chi connectivity index (χ0v) is 18.2. The number of hydrogen-bond donors (Lipinski definition) is 0. The van der Waals surface area contributed by atoms with Gasteiger partial charge in [0, 0.05) is 23.7 Å². The Kier molecular flexibility index (Phi) is 10.3. The van der Waals surface area contributed by atoms with Crippen LogP contribution in [-0.4, -0.2) is 17.6 Å². The highest BCUT2D eigenvalue weighted by molar-refractivity contribution is 5.80. The third-order valence-electron chi connectivity index (χ3n) is 5.15. The SMILES string of the molecule is CCCCCCCCOc1cnccc1-c1ccccc1OC(=O)CC(C)CC. The Labute approximate surface area is 175 Å². The second-order valence-electron chi connectivity index (χ2n) is 7.68. The van der Waals surface area contributed by atoms with Gasteiger partial charge in [0.05, 0.1) is 12.8 Å². The number of ether oxygens (including phenoxy) is 2. The number of para-hydroxylation sites is 1. The Hall–Kier alpha value is -2.36. The molecule has 0 amide bonds. The van der Waals surface area contributed by atoms with Crippen molar-refractivity contribution in [3.63, 3.8) is 0 Å². The van der Waals surface area contributed by atoms with Gasteiger partial charge in [0.2, 0.25) is 0 Å². The van der Waals surface area contributed by atoms with E-state index in [-0.39, 0.29) is 5.97 Å². The summed E-state index contributed by atoms with van der Waals surface area (Å²) >= 11 is 0. The van der Waals surface area contributed by atoms with E-state index in [1.807, 2.05) is 30.3 Å². The predicted molar refractivity (Wildman–Crippen MR) is 118 cm³/mol. The minimum Gasteiger partial charge on any atom is -0.491 e. The molecule has 2 rings (SSSR count). The van der Waals surface area contributed by atoms with Crippen LogP contribution in [0.5, 0.6) is 11.5 Å². The van der Waals surface area contributed by atoms with Crippen molar-refractivity contribution >= 4 is 5.97 Å². The molecule has 0 aliphatic heterocycles. The number of pyridine rings is 1. The Morgan fingerprint density at radius 2 is 1.69 bits per heavy atom. The van der Waals surface area contributed by atoms with E-state index in [1.54, 1.807) is 12.4 Å². The number of rotatable bonds is 13. The van der Waals surface area contributed by atoms with Gasteiger partial charge in [-0.05, 0) is 24.5 Å². The van der Waals surface area contributed by atoms with Crippen molar-refractivity contribution in [3.05, 3.63) is 42.7 Å². The van der Waals surface area contributed by atoms with Gasteiger partial charge >= 0.3 is 5.97 Å². The van der Waals surface area contributed by atoms with E-state index in [0.717, 1.165) is 29.7 Å². The Bertz CT molecular complexity index is 744. The first-order valence-corrected chi connectivity index (χ1v) is 11.0. The van der Waals surface area contributed by atoms with Crippen LogP contribution in [0.1, 0.15) is 72.1 Å². The van der Waals surface area contributed by atoms with Gasteiger partial charge in [0.25, 0.3) is 0 Å². The highest BCUT2D eigenvalue weighted by Crippen LogP contribution is 2.36. The van der Waals surface area contributed by atoms with Crippen LogP contribution in [0.3, 0.4) is 0 Å². The number of esters is 1. The van der Waals surface area contributed by atoms with Crippen molar-refractivity contribution in [1.29, 1.82) is 0 Å². The fourth-order valence-corrected chi connectivity index (χ4v) is 3.15. The molecule has 0 bridgehead atoms. The summed E-state index contributed by atoms with van der Waals surface area (Å²) in [7, 11) is 0. The molecular weight excluding hydrogens is 362 g/mol. The molecule has 0 saturated heterocycles. The van der Waals surface area contributed by atoms with Gasteiger partial charge in [-0.25, -0.2) is 0 Å². The van der Waals surface area contributed by atoms with Gasteiger partial charge < -0.3 is 9.47 Å². The van der Waals surface area contributed by atoms with Crippen LogP contribution in [0.4, 0.5) is 0 Å². The third kappa shape index (κ3) is 7.88. The third-order valence-corrected chi connectivity index (χ3v) is 5.15. The minimum absolute atomic E-state index is 0.199. The number of aromatic nitrogens is 1. The zero-order chi connectivity index (χ0) is 20.9. The Balaban J connectivity index is 2.04. The number of carbonyl (C=O) groups is 1. The normalized spacial score (nSPS) is 11.8. The van der Waals surface area contributed by atoms with E-state index in [2.05, 4.69) is 25.8 Å². The second kappa shape index (κ2) is 13.0. The van der Waals surface area contributed by atoms with Crippen molar-refractivity contribution < 1.29 is 14.3 Å². The molecule has 158 valence electrons. The van der Waals surface area contributed by atoms with E-state index >= 15 is 0 Å². The first-order valence-electron chi connectivity index (χ1n) is 11.0. The Morgan fingerprint density at radius 1 is 0.966 bits per heavy atom. The molecule has 0 aliphatic rings. The maximum absolute atomic E-state index is 12.3. The molecular formula is C25H35NO3. The molecule has 1 heterocycles. The molecule has 0 N–H and O–H groups in total. The summed E-state index contributed by atoms with van der Waals surface area (Å²) in [4.78, 5) is 16.5. The maximum Gasteiger partial charge on any atom is 0.311 e. The van der Waals surface area contributed by atoms with Crippen molar-refractivity contribution in [1.82, 2.24) is 4.98 Å². The lowest BCUT2D eigenvalue weighted by molar-refractivity contribution is -0.135. The lowest BCUT2D eigenvalue weighted by Crippen LogP contribution is -2.12. The van der Waals surface area contributed by atoms with Crippen molar-refractivity contribution in [3.8, 4) is 22.6 Å². The first kappa shape index (κ1) is 22.9. The van der Waals surface area contributed by atoms with Gasteiger partial charge in [0.15, 0.2) is 0 Å².